The number of rotatable bonds is 5. The highest BCUT2D eigenvalue weighted by Crippen LogP contribution is 2.28. The first-order valence-electron chi connectivity index (χ1n) is 10.3. The topological polar surface area (TPSA) is 92.3 Å². The summed E-state index contributed by atoms with van der Waals surface area (Å²) in [6, 6.07) is 7.29. The summed E-state index contributed by atoms with van der Waals surface area (Å²) < 4.78 is 17.9. The van der Waals surface area contributed by atoms with E-state index in [1.165, 1.54) is 0 Å². The second-order valence-corrected chi connectivity index (χ2v) is 7.81. The van der Waals surface area contributed by atoms with E-state index in [0.29, 0.717) is 24.4 Å². The first-order chi connectivity index (χ1) is 15.1. The van der Waals surface area contributed by atoms with Gasteiger partial charge in [-0.05, 0) is 36.7 Å². The normalized spacial score (nSPS) is 19.1. The van der Waals surface area contributed by atoms with Crippen LogP contribution in [0.3, 0.4) is 0 Å². The van der Waals surface area contributed by atoms with Crippen molar-refractivity contribution < 1.29 is 9.50 Å². The van der Waals surface area contributed by atoms with E-state index >= 15 is 0 Å². The molecule has 1 aliphatic rings. The van der Waals surface area contributed by atoms with Crippen LogP contribution in [0, 0.1) is 0 Å². The maximum atomic E-state index is 14.2. The Bertz CT molecular complexity index is 1220. The Balaban J connectivity index is 1.53. The van der Waals surface area contributed by atoms with Gasteiger partial charge in [0.2, 0.25) is 0 Å². The zero-order valence-electron chi connectivity index (χ0n) is 17.2. The molecule has 0 radical (unpaired) electrons. The standard InChI is InChI=1S/C22H24FN7O/c1-29-11-15(8-26-29)16-12-30-20(10-25-22(30)7-14(16)13-31)19-3-2-4-21(28-19)27-18-5-6-24-9-17(18)23/h2-4,7-8,10-12,17-18,24,31H,5-6,9,13H2,1H3,(H,27,28)/t17-,18-/m0/s1. The molecule has 4 aromatic heterocycles. The Morgan fingerprint density at radius 3 is 2.97 bits per heavy atom. The molecule has 0 amide bonds. The number of aromatic nitrogens is 5. The number of nitrogens with zero attached hydrogens (tertiary/aromatic N) is 5. The lowest BCUT2D eigenvalue weighted by Gasteiger charge is -2.27. The summed E-state index contributed by atoms with van der Waals surface area (Å²) in [6.07, 6.45) is 7.15. The van der Waals surface area contributed by atoms with Crippen molar-refractivity contribution >= 4 is 11.5 Å². The van der Waals surface area contributed by atoms with Crippen molar-refractivity contribution in [1.29, 1.82) is 0 Å². The number of hydrogen-bond donors (Lipinski definition) is 3. The third-order valence-electron chi connectivity index (χ3n) is 5.67. The summed E-state index contributed by atoms with van der Waals surface area (Å²) in [5.74, 6) is 0.640. The number of hydrogen-bond acceptors (Lipinski definition) is 6. The lowest BCUT2D eigenvalue weighted by atomic mass is 10.1. The van der Waals surface area contributed by atoms with Gasteiger partial charge < -0.3 is 15.7 Å². The molecule has 9 heteroatoms. The molecule has 0 unspecified atom stereocenters. The molecule has 0 aromatic carbocycles. The molecule has 1 saturated heterocycles. The Labute approximate surface area is 178 Å². The lowest BCUT2D eigenvalue weighted by molar-refractivity contribution is 0.244. The van der Waals surface area contributed by atoms with Crippen LogP contribution in [-0.4, -0.2) is 54.6 Å². The van der Waals surface area contributed by atoms with Crippen LogP contribution in [0.4, 0.5) is 10.2 Å². The van der Waals surface area contributed by atoms with Gasteiger partial charge >= 0.3 is 0 Å². The molecule has 1 aliphatic heterocycles. The number of nitrogens with one attached hydrogen (secondary N) is 2. The van der Waals surface area contributed by atoms with Gasteiger partial charge in [0.25, 0.3) is 0 Å². The Morgan fingerprint density at radius 1 is 1.29 bits per heavy atom. The predicted molar refractivity (Wildman–Crippen MR) is 116 cm³/mol. The van der Waals surface area contributed by atoms with E-state index in [2.05, 4.69) is 20.7 Å². The van der Waals surface area contributed by atoms with Crippen molar-refractivity contribution in [1.82, 2.24) is 29.5 Å². The number of pyridine rings is 2. The smallest absolute Gasteiger partial charge is 0.137 e. The van der Waals surface area contributed by atoms with Gasteiger partial charge in [0, 0.05) is 37.1 Å². The number of halogens is 1. The molecule has 0 saturated carbocycles. The molecular formula is C22H24FN7O. The molecule has 2 atom stereocenters. The quantitative estimate of drug-likeness (QED) is 0.458. The Morgan fingerprint density at radius 2 is 2.19 bits per heavy atom. The number of aliphatic hydroxyl groups excluding tert-OH is 1. The molecule has 3 N–H and O–H groups in total. The Kier molecular flexibility index (Phi) is 5.13. The molecule has 0 spiro atoms. The van der Waals surface area contributed by atoms with E-state index in [-0.39, 0.29) is 12.6 Å². The highest BCUT2D eigenvalue weighted by atomic mass is 19.1. The number of fused-ring (bicyclic) bond motifs is 1. The van der Waals surface area contributed by atoms with Crippen molar-refractivity contribution in [2.24, 2.45) is 7.05 Å². The van der Waals surface area contributed by atoms with Crippen LogP contribution in [0.25, 0.3) is 28.2 Å². The van der Waals surface area contributed by atoms with Crippen molar-refractivity contribution in [3.63, 3.8) is 0 Å². The first-order valence-corrected chi connectivity index (χ1v) is 10.3. The summed E-state index contributed by atoms with van der Waals surface area (Å²) in [5, 5.41) is 20.4. The lowest BCUT2D eigenvalue weighted by Crippen LogP contribution is -2.45. The fourth-order valence-corrected chi connectivity index (χ4v) is 4.03. The van der Waals surface area contributed by atoms with Crippen molar-refractivity contribution in [3.8, 4) is 22.5 Å². The monoisotopic (exact) mass is 421 g/mol. The minimum atomic E-state index is -0.950. The van der Waals surface area contributed by atoms with E-state index in [4.69, 9.17) is 4.98 Å². The van der Waals surface area contributed by atoms with E-state index < -0.39 is 6.17 Å². The van der Waals surface area contributed by atoms with Gasteiger partial charge in [-0.1, -0.05) is 6.07 Å². The van der Waals surface area contributed by atoms with Gasteiger partial charge in [-0.3, -0.25) is 9.08 Å². The summed E-state index contributed by atoms with van der Waals surface area (Å²) in [7, 11) is 1.86. The highest BCUT2D eigenvalue weighted by Gasteiger charge is 2.24. The summed E-state index contributed by atoms with van der Waals surface area (Å²) in [5.41, 5.74) is 4.84. The minimum Gasteiger partial charge on any atom is -0.392 e. The van der Waals surface area contributed by atoms with E-state index in [1.54, 1.807) is 17.1 Å². The number of piperidine rings is 1. The summed E-state index contributed by atoms with van der Waals surface area (Å²) in [4.78, 5) is 9.22. The molecule has 1 fully saturated rings. The van der Waals surface area contributed by atoms with Crippen LogP contribution >= 0.6 is 0 Å². The zero-order chi connectivity index (χ0) is 21.4. The van der Waals surface area contributed by atoms with Crippen LogP contribution in [0.2, 0.25) is 0 Å². The second kappa shape index (κ2) is 8.09. The van der Waals surface area contributed by atoms with Crippen molar-refractivity contribution in [2.75, 3.05) is 18.4 Å². The molecule has 31 heavy (non-hydrogen) atoms. The van der Waals surface area contributed by atoms with E-state index in [0.717, 1.165) is 34.6 Å². The number of aryl methyl sites for hydroxylation is 1. The minimum absolute atomic E-state index is 0.0960. The van der Waals surface area contributed by atoms with Crippen LogP contribution in [-0.2, 0) is 13.7 Å². The molecular weight excluding hydrogens is 397 g/mol. The third-order valence-corrected chi connectivity index (χ3v) is 5.67. The van der Waals surface area contributed by atoms with E-state index in [9.17, 15) is 9.50 Å². The fourth-order valence-electron chi connectivity index (χ4n) is 4.03. The van der Waals surface area contributed by atoms with Crippen LogP contribution < -0.4 is 10.6 Å². The number of anilines is 1. The SMILES string of the molecule is Cn1cc(-c2cn3c(-c4cccc(N[C@H]5CCNC[C@@H]5F)n4)cnc3cc2CO)cn1. The van der Waals surface area contributed by atoms with Gasteiger partial charge in [-0.25, -0.2) is 14.4 Å². The largest absolute Gasteiger partial charge is 0.392 e. The number of alkyl halides is 1. The number of aliphatic hydroxyl groups is 1. The molecule has 5 heterocycles. The van der Waals surface area contributed by atoms with Crippen LogP contribution in [0.1, 0.15) is 12.0 Å². The molecule has 8 nitrogen and oxygen atoms in total. The first kappa shape index (κ1) is 19.7. The fraction of sp³-hybridized carbons (Fsp3) is 0.318. The average molecular weight is 421 g/mol. The average Bonchev–Trinajstić information content (AvgIpc) is 3.40. The Hall–Kier alpha value is -3.30. The zero-order valence-corrected chi connectivity index (χ0v) is 17.2. The maximum absolute atomic E-state index is 14.2. The maximum Gasteiger partial charge on any atom is 0.137 e. The molecule has 0 aliphatic carbocycles. The van der Waals surface area contributed by atoms with Crippen molar-refractivity contribution in [3.05, 3.63) is 54.6 Å². The molecule has 4 aromatic rings. The number of imidazole rings is 1. The molecule has 5 rings (SSSR count). The van der Waals surface area contributed by atoms with Gasteiger partial charge in [0.1, 0.15) is 17.6 Å². The predicted octanol–water partition coefficient (Wildman–Crippen LogP) is 2.40. The third kappa shape index (κ3) is 3.77. The van der Waals surface area contributed by atoms with Crippen LogP contribution in [0.5, 0.6) is 0 Å². The van der Waals surface area contributed by atoms with E-state index in [1.807, 2.05) is 48.1 Å². The van der Waals surface area contributed by atoms with Gasteiger partial charge in [0.15, 0.2) is 0 Å². The van der Waals surface area contributed by atoms with Crippen molar-refractivity contribution in [2.45, 2.75) is 25.2 Å². The van der Waals surface area contributed by atoms with Gasteiger partial charge in [-0.15, -0.1) is 0 Å². The molecule has 160 valence electrons. The van der Waals surface area contributed by atoms with Gasteiger partial charge in [0.05, 0.1) is 36.4 Å². The molecule has 0 bridgehead atoms. The summed E-state index contributed by atoms with van der Waals surface area (Å²) in [6.45, 7) is 1.05. The van der Waals surface area contributed by atoms with Crippen LogP contribution in [0.15, 0.2) is 49.1 Å². The second-order valence-electron chi connectivity index (χ2n) is 7.81. The van der Waals surface area contributed by atoms with Gasteiger partial charge in [-0.2, -0.15) is 5.10 Å². The highest BCUT2D eigenvalue weighted by molar-refractivity contribution is 5.71. The summed E-state index contributed by atoms with van der Waals surface area (Å²) >= 11 is 0.